The molecule has 0 aliphatic rings. The smallest absolute Gasteiger partial charge is 0.122 e. The quantitative estimate of drug-likeness (QED) is 0.856. The maximum atomic E-state index is 5.48. The van der Waals surface area contributed by atoms with E-state index < -0.39 is 0 Å². The third-order valence-corrected chi connectivity index (χ3v) is 3.20. The van der Waals surface area contributed by atoms with Crippen LogP contribution < -0.4 is 10.1 Å². The number of ether oxygens (including phenoxy) is 1. The van der Waals surface area contributed by atoms with E-state index >= 15 is 0 Å². The second kappa shape index (κ2) is 6.24. The Hall–Kier alpha value is -1.02. The topological polar surface area (TPSA) is 21.3 Å². The summed E-state index contributed by atoms with van der Waals surface area (Å²) < 4.78 is 5.48. The molecule has 0 heterocycles. The minimum absolute atomic E-state index is 0.148. The summed E-state index contributed by atoms with van der Waals surface area (Å²) in [6.07, 6.45) is 0. The minimum Gasteiger partial charge on any atom is -0.496 e. The van der Waals surface area contributed by atoms with Crippen molar-refractivity contribution in [1.29, 1.82) is 0 Å². The number of nitrogens with one attached hydrogen (secondary N) is 1. The predicted molar refractivity (Wildman–Crippen MR) is 78.3 cm³/mol. The Kier molecular flexibility index (Phi) is 5.21. The van der Waals surface area contributed by atoms with E-state index in [0.717, 1.165) is 12.3 Å². The van der Waals surface area contributed by atoms with Gasteiger partial charge in [-0.3, -0.25) is 0 Å². The van der Waals surface area contributed by atoms with E-state index in [0.29, 0.717) is 11.8 Å². The molecule has 1 aromatic rings. The molecule has 1 unspecified atom stereocenters. The van der Waals surface area contributed by atoms with E-state index in [1.54, 1.807) is 7.11 Å². The van der Waals surface area contributed by atoms with Crippen LogP contribution in [0.1, 0.15) is 46.1 Å². The molecule has 1 N–H and O–H groups in total. The van der Waals surface area contributed by atoms with Gasteiger partial charge in [0, 0.05) is 18.0 Å². The van der Waals surface area contributed by atoms with Gasteiger partial charge in [0.25, 0.3) is 0 Å². The van der Waals surface area contributed by atoms with Crippen LogP contribution in [-0.2, 0) is 0 Å². The fourth-order valence-corrected chi connectivity index (χ4v) is 2.09. The highest BCUT2D eigenvalue weighted by Crippen LogP contribution is 2.31. The molecule has 0 fully saturated rings. The van der Waals surface area contributed by atoms with Gasteiger partial charge in [0.1, 0.15) is 5.75 Å². The highest BCUT2D eigenvalue weighted by Gasteiger charge is 2.21. The van der Waals surface area contributed by atoms with Crippen LogP contribution in [0.4, 0.5) is 0 Å². The van der Waals surface area contributed by atoms with Crippen molar-refractivity contribution in [3.8, 4) is 5.75 Å². The summed E-state index contributed by atoms with van der Waals surface area (Å²) in [4.78, 5) is 0. The Morgan fingerprint density at radius 2 is 1.78 bits per heavy atom. The van der Waals surface area contributed by atoms with Gasteiger partial charge in [-0.25, -0.2) is 0 Å². The summed E-state index contributed by atoms with van der Waals surface area (Å²) in [5.41, 5.74) is 1.45. The standard InChI is InChI=1S/C16H27NO/c1-12(2)14(11-17-16(3,4)5)13-9-7-8-10-15(13)18-6/h7-10,12,14,17H,11H2,1-6H3. The SMILES string of the molecule is COc1ccccc1C(CNC(C)(C)C)C(C)C. The molecule has 1 rings (SSSR count). The van der Waals surface area contributed by atoms with E-state index in [2.05, 4.69) is 52.1 Å². The van der Waals surface area contributed by atoms with E-state index in [4.69, 9.17) is 4.74 Å². The first kappa shape index (κ1) is 15.0. The van der Waals surface area contributed by atoms with Crippen LogP contribution >= 0.6 is 0 Å². The van der Waals surface area contributed by atoms with Crippen LogP contribution in [0.15, 0.2) is 24.3 Å². The highest BCUT2D eigenvalue weighted by molar-refractivity contribution is 5.36. The zero-order valence-electron chi connectivity index (χ0n) is 12.6. The van der Waals surface area contributed by atoms with E-state index in [-0.39, 0.29) is 5.54 Å². The van der Waals surface area contributed by atoms with Crippen molar-refractivity contribution >= 4 is 0 Å². The van der Waals surface area contributed by atoms with Gasteiger partial charge in [-0.05, 0) is 38.3 Å². The molecular weight excluding hydrogens is 222 g/mol. The lowest BCUT2D eigenvalue weighted by Gasteiger charge is -2.28. The molecule has 0 saturated carbocycles. The molecule has 18 heavy (non-hydrogen) atoms. The lowest BCUT2D eigenvalue weighted by atomic mass is 9.87. The van der Waals surface area contributed by atoms with Crippen LogP contribution in [0.2, 0.25) is 0 Å². The van der Waals surface area contributed by atoms with Gasteiger partial charge in [0.2, 0.25) is 0 Å². The number of hydrogen-bond acceptors (Lipinski definition) is 2. The summed E-state index contributed by atoms with van der Waals surface area (Å²) in [6.45, 7) is 12.1. The van der Waals surface area contributed by atoms with Gasteiger partial charge in [-0.15, -0.1) is 0 Å². The van der Waals surface area contributed by atoms with Crippen LogP contribution in [0, 0.1) is 5.92 Å². The average molecular weight is 249 g/mol. The van der Waals surface area contributed by atoms with Crippen molar-refractivity contribution < 1.29 is 4.74 Å². The Morgan fingerprint density at radius 1 is 1.17 bits per heavy atom. The molecule has 2 nitrogen and oxygen atoms in total. The minimum atomic E-state index is 0.148. The lowest BCUT2D eigenvalue weighted by molar-refractivity contribution is 0.356. The van der Waals surface area contributed by atoms with Crippen LogP contribution in [0.5, 0.6) is 5.75 Å². The summed E-state index contributed by atoms with van der Waals surface area (Å²) in [5.74, 6) is 2.04. The summed E-state index contributed by atoms with van der Waals surface area (Å²) in [7, 11) is 1.74. The lowest BCUT2D eigenvalue weighted by Crippen LogP contribution is -2.39. The van der Waals surface area contributed by atoms with Crippen LogP contribution in [-0.4, -0.2) is 19.2 Å². The van der Waals surface area contributed by atoms with Gasteiger partial charge in [0.05, 0.1) is 7.11 Å². The van der Waals surface area contributed by atoms with Gasteiger partial charge >= 0.3 is 0 Å². The third kappa shape index (κ3) is 4.34. The molecular formula is C16H27NO. The Labute approximate surface area is 112 Å². The Morgan fingerprint density at radius 3 is 2.28 bits per heavy atom. The summed E-state index contributed by atoms with van der Waals surface area (Å²) >= 11 is 0. The molecule has 0 saturated heterocycles. The van der Waals surface area contributed by atoms with E-state index in [1.165, 1.54) is 5.56 Å². The molecule has 0 aliphatic carbocycles. The maximum absolute atomic E-state index is 5.48. The molecule has 0 amide bonds. The normalized spacial score (nSPS) is 13.7. The second-order valence-corrected chi connectivity index (χ2v) is 6.22. The first-order valence-corrected chi connectivity index (χ1v) is 6.73. The Bertz CT molecular complexity index is 366. The van der Waals surface area contributed by atoms with Crippen molar-refractivity contribution in [3.05, 3.63) is 29.8 Å². The predicted octanol–water partition coefficient (Wildman–Crippen LogP) is 3.82. The number of methoxy groups -OCH3 is 1. The maximum Gasteiger partial charge on any atom is 0.122 e. The van der Waals surface area contributed by atoms with Crippen molar-refractivity contribution in [3.63, 3.8) is 0 Å². The molecule has 0 radical (unpaired) electrons. The highest BCUT2D eigenvalue weighted by atomic mass is 16.5. The first-order valence-electron chi connectivity index (χ1n) is 6.73. The number of rotatable bonds is 5. The van der Waals surface area contributed by atoms with Gasteiger partial charge < -0.3 is 10.1 Å². The fourth-order valence-electron chi connectivity index (χ4n) is 2.09. The summed E-state index contributed by atoms with van der Waals surface area (Å²) in [5, 5.41) is 3.60. The molecule has 0 aromatic heterocycles. The number of para-hydroxylation sites is 1. The van der Waals surface area contributed by atoms with Crippen LogP contribution in [0.3, 0.4) is 0 Å². The van der Waals surface area contributed by atoms with Crippen molar-refractivity contribution in [1.82, 2.24) is 5.32 Å². The van der Waals surface area contributed by atoms with Crippen molar-refractivity contribution in [2.75, 3.05) is 13.7 Å². The van der Waals surface area contributed by atoms with Gasteiger partial charge in [-0.1, -0.05) is 32.0 Å². The third-order valence-electron chi connectivity index (χ3n) is 3.20. The van der Waals surface area contributed by atoms with E-state index in [1.807, 2.05) is 12.1 Å². The molecule has 102 valence electrons. The van der Waals surface area contributed by atoms with Gasteiger partial charge in [0.15, 0.2) is 0 Å². The zero-order chi connectivity index (χ0) is 13.8. The average Bonchev–Trinajstić information content (AvgIpc) is 2.28. The molecule has 0 spiro atoms. The molecule has 0 bridgehead atoms. The van der Waals surface area contributed by atoms with Crippen molar-refractivity contribution in [2.24, 2.45) is 5.92 Å². The Balaban J connectivity index is 2.91. The van der Waals surface area contributed by atoms with Crippen LogP contribution in [0.25, 0.3) is 0 Å². The number of benzene rings is 1. The number of hydrogen-bond donors (Lipinski definition) is 1. The first-order chi connectivity index (χ1) is 8.35. The van der Waals surface area contributed by atoms with E-state index in [9.17, 15) is 0 Å². The second-order valence-electron chi connectivity index (χ2n) is 6.22. The van der Waals surface area contributed by atoms with Gasteiger partial charge in [-0.2, -0.15) is 0 Å². The monoisotopic (exact) mass is 249 g/mol. The largest absolute Gasteiger partial charge is 0.496 e. The molecule has 0 aliphatic heterocycles. The molecule has 1 aromatic carbocycles. The fraction of sp³-hybridized carbons (Fsp3) is 0.625. The molecule has 2 heteroatoms. The summed E-state index contributed by atoms with van der Waals surface area (Å²) in [6, 6.07) is 8.33. The molecule has 1 atom stereocenters. The van der Waals surface area contributed by atoms with Crippen molar-refractivity contribution in [2.45, 2.75) is 46.1 Å². The zero-order valence-corrected chi connectivity index (χ0v) is 12.6.